The van der Waals surface area contributed by atoms with Crippen LogP contribution in [0.4, 0.5) is 0 Å². The molecule has 0 aliphatic heterocycles. The predicted molar refractivity (Wildman–Crippen MR) is 108 cm³/mol. The fourth-order valence-electron chi connectivity index (χ4n) is 3.62. The van der Waals surface area contributed by atoms with Gasteiger partial charge >= 0.3 is 0 Å². The molecule has 0 saturated carbocycles. The van der Waals surface area contributed by atoms with Gasteiger partial charge in [0.1, 0.15) is 0 Å². The Morgan fingerprint density at radius 2 is 1.92 bits per heavy atom. The van der Waals surface area contributed by atoms with E-state index < -0.39 is 0 Å². The zero-order chi connectivity index (χ0) is 17.8. The highest BCUT2D eigenvalue weighted by Gasteiger charge is 2.24. The Morgan fingerprint density at radius 3 is 2.60 bits per heavy atom. The summed E-state index contributed by atoms with van der Waals surface area (Å²) < 4.78 is 0. The summed E-state index contributed by atoms with van der Waals surface area (Å²) >= 11 is 1.84. The average molecular weight is 349 g/mol. The number of nitriles is 1. The van der Waals surface area contributed by atoms with Gasteiger partial charge in [0.2, 0.25) is 0 Å². The van der Waals surface area contributed by atoms with E-state index in [2.05, 4.69) is 79.8 Å². The van der Waals surface area contributed by atoms with Crippen LogP contribution in [0.1, 0.15) is 41.5 Å². The van der Waals surface area contributed by atoms with Crippen LogP contribution < -0.4 is 0 Å². The van der Waals surface area contributed by atoms with Crippen molar-refractivity contribution in [2.24, 2.45) is 5.92 Å². The maximum atomic E-state index is 9.24. The predicted octanol–water partition coefficient (Wildman–Crippen LogP) is 6.02. The van der Waals surface area contributed by atoms with Gasteiger partial charge in [0.05, 0.1) is 6.07 Å². The average Bonchev–Trinajstić information content (AvgIpc) is 3.02. The molecule has 0 spiro atoms. The van der Waals surface area contributed by atoms with Gasteiger partial charge in [-0.05, 0) is 35.8 Å². The topological polar surface area (TPSA) is 39.6 Å². The summed E-state index contributed by atoms with van der Waals surface area (Å²) in [6.07, 6.45) is 4.83. The smallest absolute Gasteiger partial charge is 0.0624 e. The number of nitrogens with zero attached hydrogens (tertiary/aromatic N) is 1. The number of fused-ring (bicyclic) bond motifs is 1. The van der Waals surface area contributed by atoms with Crippen molar-refractivity contribution in [3.8, 4) is 6.07 Å². The van der Waals surface area contributed by atoms with E-state index in [0.29, 0.717) is 6.42 Å². The fraction of sp³-hybridized carbons (Fsp3) is 0.318. The van der Waals surface area contributed by atoms with E-state index in [1.807, 2.05) is 11.8 Å². The molecule has 3 heteroatoms. The highest BCUT2D eigenvalue weighted by atomic mass is 32.2. The van der Waals surface area contributed by atoms with Gasteiger partial charge in [-0.25, -0.2) is 0 Å². The highest BCUT2D eigenvalue weighted by Crippen LogP contribution is 2.38. The van der Waals surface area contributed by atoms with Crippen LogP contribution in [0.2, 0.25) is 0 Å². The Bertz CT molecular complexity index is 887. The zero-order valence-corrected chi connectivity index (χ0v) is 15.9. The minimum atomic E-state index is 0.221. The third kappa shape index (κ3) is 3.60. The van der Waals surface area contributed by atoms with Crippen molar-refractivity contribution < 1.29 is 0 Å². The number of H-pyrrole nitrogens is 1. The first-order valence-electron chi connectivity index (χ1n) is 8.67. The zero-order valence-electron chi connectivity index (χ0n) is 15.0. The molecule has 25 heavy (non-hydrogen) atoms. The third-order valence-electron chi connectivity index (χ3n) is 4.89. The fourth-order valence-corrected chi connectivity index (χ4v) is 4.17. The number of aryl methyl sites for hydroxylation is 1. The number of hydrogen-bond acceptors (Lipinski definition) is 2. The van der Waals surface area contributed by atoms with Crippen molar-refractivity contribution in [3.05, 3.63) is 70.9 Å². The maximum absolute atomic E-state index is 9.24. The number of thioether (sulfide) groups is 1. The highest BCUT2D eigenvalue weighted by molar-refractivity contribution is 7.97. The molecule has 0 aliphatic rings. The number of nitrogens with one attached hydrogen (secondary N) is 1. The summed E-state index contributed by atoms with van der Waals surface area (Å²) in [7, 11) is 0. The van der Waals surface area contributed by atoms with Gasteiger partial charge < -0.3 is 4.98 Å². The van der Waals surface area contributed by atoms with Gasteiger partial charge in [0.25, 0.3) is 0 Å². The van der Waals surface area contributed by atoms with Crippen LogP contribution in [-0.4, -0.2) is 11.2 Å². The van der Waals surface area contributed by atoms with Crippen LogP contribution in [0.3, 0.4) is 0 Å². The van der Waals surface area contributed by atoms with E-state index in [4.69, 9.17) is 0 Å². The SMILES string of the molecule is CSCc1cccc2c(C(c3ccc(C)cc3)C(C)CC#N)c[nH]c12. The van der Waals surface area contributed by atoms with E-state index in [1.165, 1.54) is 33.2 Å². The number of aromatic nitrogens is 1. The van der Waals surface area contributed by atoms with E-state index in [0.717, 1.165) is 5.75 Å². The molecule has 128 valence electrons. The molecule has 0 fully saturated rings. The van der Waals surface area contributed by atoms with E-state index in [-0.39, 0.29) is 11.8 Å². The molecule has 1 heterocycles. The van der Waals surface area contributed by atoms with Crippen molar-refractivity contribution in [2.75, 3.05) is 6.26 Å². The normalized spacial score (nSPS) is 13.5. The van der Waals surface area contributed by atoms with Gasteiger partial charge in [-0.1, -0.05) is 55.0 Å². The van der Waals surface area contributed by atoms with Gasteiger partial charge in [-0.2, -0.15) is 17.0 Å². The molecule has 2 aromatic carbocycles. The van der Waals surface area contributed by atoms with Gasteiger partial charge in [-0.3, -0.25) is 0 Å². The van der Waals surface area contributed by atoms with Crippen LogP contribution in [0, 0.1) is 24.2 Å². The van der Waals surface area contributed by atoms with Crippen molar-refractivity contribution >= 4 is 22.7 Å². The van der Waals surface area contributed by atoms with Crippen LogP contribution in [0.25, 0.3) is 10.9 Å². The third-order valence-corrected chi connectivity index (χ3v) is 5.49. The molecule has 0 radical (unpaired) electrons. The lowest BCUT2D eigenvalue weighted by atomic mass is 9.80. The second-order valence-electron chi connectivity index (χ2n) is 6.74. The summed E-state index contributed by atoms with van der Waals surface area (Å²) in [5.41, 5.74) is 6.41. The van der Waals surface area contributed by atoms with Gasteiger partial charge in [0.15, 0.2) is 0 Å². The molecule has 0 saturated heterocycles. The first-order valence-corrected chi connectivity index (χ1v) is 10.1. The van der Waals surface area contributed by atoms with Crippen molar-refractivity contribution in [2.45, 2.75) is 31.9 Å². The van der Waals surface area contributed by atoms with Crippen LogP contribution in [-0.2, 0) is 5.75 Å². The summed E-state index contributed by atoms with van der Waals surface area (Å²) in [6, 6.07) is 17.6. The summed E-state index contributed by atoms with van der Waals surface area (Å²) in [5, 5.41) is 10.5. The molecule has 2 unspecified atom stereocenters. The lowest BCUT2D eigenvalue weighted by Gasteiger charge is -2.23. The Kier molecular flexibility index (Phi) is 5.50. The van der Waals surface area contributed by atoms with E-state index >= 15 is 0 Å². The lowest BCUT2D eigenvalue weighted by molar-refractivity contribution is 0.526. The van der Waals surface area contributed by atoms with Crippen LogP contribution in [0.15, 0.2) is 48.7 Å². The summed E-state index contributed by atoms with van der Waals surface area (Å²) in [6.45, 7) is 4.29. The van der Waals surface area contributed by atoms with Crippen molar-refractivity contribution in [3.63, 3.8) is 0 Å². The molecule has 2 atom stereocenters. The quantitative estimate of drug-likeness (QED) is 0.591. The summed E-state index contributed by atoms with van der Waals surface area (Å²) in [4.78, 5) is 3.50. The second-order valence-corrected chi connectivity index (χ2v) is 7.61. The Morgan fingerprint density at radius 1 is 1.16 bits per heavy atom. The molecule has 0 aliphatic carbocycles. The molecule has 0 amide bonds. The monoisotopic (exact) mass is 348 g/mol. The first-order chi connectivity index (χ1) is 12.2. The number of para-hydroxylation sites is 1. The molecule has 1 N–H and O–H groups in total. The van der Waals surface area contributed by atoms with Gasteiger partial charge in [-0.15, -0.1) is 0 Å². The second kappa shape index (κ2) is 7.80. The number of aromatic amines is 1. The minimum absolute atomic E-state index is 0.221. The molecule has 0 bridgehead atoms. The van der Waals surface area contributed by atoms with E-state index in [9.17, 15) is 5.26 Å². The number of rotatable bonds is 6. The minimum Gasteiger partial charge on any atom is -0.361 e. The Labute approximate surface area is 154 Å². The molecule has 3 rings (SSSR count). The molecule has 2 nitrogen and oxygen atoms in total. The lowest BCUT2D eigenvalue weighted by Crippen LogP contribution is -2.11. The Hall–Kier alpha value is -2.18. The summed E-state index contributed by atoms with van der Waals surface area (Å²) in [5.74, 6) is 1.48. The molecule has 3 aromatic rings. The van der Waals surface area contributed by atoms with Crippen molar-refractivity contribution in [1.82, 2.24) is 4.98 Å². The van der Waals surface area contributed by atoms with Crippen molar-refractivity contribution in [1.29, 1.82) is 5.26 Å². The maximum Gasteiger partial charge on any atom is 0.0624 e. The Balaban J connectivity index is 2.13. The molecular weight excluding hydrogens is 324 g/mol. The molecule has 1 aromatic heterocycles. The van der Waals surface area contributed by atoms with Crippen LogP contribution in [0.5, 0.6) is 0 Å². The van der Waals surface area contributed by atoms with Gasteiger partial charge in [0, 0.05) is 35.2 Å². The largest absolute Gasteiger partial charge is 0.361 e. The van der Waals surface area contributed by atoms with E-state index in [1.54, 1.807) is 0 Å². The number of hydrogen-bond donors (Lipinski definition) is 1. The molecular formula is C22H24N2S. The first kappa shape index (κ1) is 17.6. The number of benzene rings is 2. The standard InChI is InChI=1S/C22H24N2S/c1-15-7-9-17(10-8-15)21(16(2)11-12-23)20-13-24-22-18(14-25-3)5-4-6-19(20)22/h4-10,13,16,21,24H,11,14H2,1-3H3. The van der Waals surface area contributed by atoms with Crippen LogP contribution >= 0.6 is 11.8 Å².